The molecule has 0 fully saturated rings. The van der Waals surface area contributed by atoms with Gasteiger partial charge in [0, 0.05) is 11.8 Å². The number of carbonyl (C=O) groups excluding carboxylic acids is 1. The minimum absolute atomic E-state index is 0.131. The van der Waals surface area contributed by atoms with Crippen LogP contribution in [0.15, 0.2) is 48.5 Å². The number of carbonyl (C=O) groups is 1. The van der Waals surface area contributed by atoms with Crippen LogP contribution in [-0.2, 0) is 0 Å². The molecule has 0 aliphatic rings. The van der Waals surface area contributed by atoms with E-state index in [0.717, 1.165) is 0 Å². The van der Waals surface area contributed by atoms with E-state index >= 15 is 0 Å². The first-order valence-electron chi connectivity index (χ1n) is 5.95. The van der Waals surface area contributed by atoms with E-state index in [4.69, 9.17) is 0 Å². The Morgan fingerprint density at radius 3 is 2.40 bits per heavy atom. The molecule has 2 amide bonds. The maximum atomic E-state index is 11.9. The third kappa shape index (κ3) is 3.11. The van der Waals surface area contributed by atoms with Crippen LogP contribution in [0.25, 0.3) is 0 Å². The van der Waals surface area contributed by atoms with E-state index in [2.05, 4.69) is 10.6 Å². The Bertz CT molecular complexity index is 641. The summed E-state index contributed by atoms with van der Waals surface area (Å²) in [5.41, 5.74) is 1.31. The standard InChI is InChI=1S/C14H13N3O3/c1-10-6-5-9-12(17(19)20)13(10)16-14(18)15-11-7-3-2-4-8-11/h2-9H,1H3,(H2,15,16,18). The second-order valence-corrected chi connectivity index (χ2v) is 4.17. The number of nitrogens with one attached hydrogen (secondary N) is 2. The van der Waals surface area contributed by atoms with Crippen LogP contribution >= 0.6 is 0 Å². The third-order valence-electron chi connectivity index (χ3n) is 2.72. The second kappa shape index (κ2) is 5.83. The lowest BCUT2D eigenvalue weighted by Gasteiger charge is -2.10. The van der Waals surface area contributed by atoms with Gasteiger partial charge in [-0.3, -0.25) is 10.1 Å². The van der Waals surface area contributed by atoms with Crippen LogP contribution in [0.1, 0.15) is 5.56 Å². The number of benzene rings is 2. The molecule has 6 heteroatoms. The molecule has 0 saturated carbocycles. The molecule has 0 unspecified atom stereocenters. The van der Waals surface area contributed by atoms with Gasteiger partial charge in [-0.1, -0.05) is 30.3 Å². The van der Waals surface area contributed by atoms with Crippen molar-refractivity contribution in [1.29, 1.82) is 0 Å². The number of hydrogen-bond acceptors (Lipinski definition) is 3. The highest BCUT2D eigenvalue weighted by Gasteiger charge is 2.17. The Morgan fingerprint density at radius 2 is 1.75 bits per heavy atom. The highest BCUT2D eigenvalue weighted by Crippen LogP contribution is 2.27. The van der Waals surface area contributed by atoms with Gasteiger partial charge in [-0.05, 0) is 24.6 Å². The molecule has 0 aliphatic carbocycles. The molecule has 0 aliphatic heterocycles. The fraction of sp³-hybridized carbons (Fsp3) is 0.0714. The van der Waals surface area contributed by atoms with Crippen molar-refractivity contribution in [3.05, 3.63) is 64.2 Å². The van der Waals surface area contributed by atoms with E-state index in [1.54, 1.807) is 43.3 Å². The van der Waals surface area contributed by atoms with Crippen LogP contribution in [0.2, 0.25) is 0 Å². The summed E-state index contributed by atoms with van der Waals surface area (Å²) in [6.45, 7) is 1.70. The number of amides is 2. The van der Waals surface area contributed by atoms with E-state index in [0.29, 0.717) is 11.3 Å². The molecule has 0 saturated heterocycles. The van der Waals surface area contributed by atoms with Crippen LogP contribution in [0.3, 0.4) is 0 Å². The van der Waals surface area contributed by atoms with Crippen molar-refractivity contribution in [2.45, 2.75) is 6.92 Å². The predicted octanol–water partition coefficient (Wildman–Crippen LogP) is 3.55. The SMILES string of the molecule is Cc1cccc([N+](=O)[O-])c1NC(=O)Nc1ccccc1. The van der Waals surface area contributed by atoms with E-state index in [9.17, 15) is 14.9 Å². The number of nitrogens with zero attached hydrogens (tertiary/aromatic N) is 1. The van der Waals surface area contributed by atoms with Gasteiger partial charge in [0.1, 0.15) is 5.69 Å². The molecule has 0 bridgehead atoms. The van der Waals surface area contributed by atoms with Gasteiger partial charge in [-0.15, -0.1) is 0 Å². The smallest absolute Gasteiger partial charge is 0.308 e. The largest absolute Gasteiger partial charge is 0.323 e. The minimum Gasteiger partial charge on any atom is -0.308 e. The summed E-state index contributed by atoms with van der Waals surface area (Å²) < 4.78 is 0. The summed E-state index contributed by atoms with van der Waals surface area (Å²) in [4.78, 5) is 22.3. The zero-order chi connectivity index (χ0) is 14.5. The predicted molar refractivity (Wildman–Crippen MR) is 76.9 cm³/mol. The van der Waals surface area contributed by atoms with E-state index in [1.165, 1.54) is 6.07 Å². The highest BCUT2D eigenvalue weighted by atomic mass is 16.6. The first-order chi connectivity index (χ1) is 9.58. The molecule has 0 heterocycles. The summed E-state index contributed by atoms with van der Waals surface area (Å²) in [6.07, 6.45) is 0. The number of hydrogen-bond donors (Lipinski definition) is 2. The van der Waals surface area contributed by atoms with Gasteiger partial charge in [0.15, 0.2) is 0 Å². The Morgan fingerprint density at radius 1 is 1.05 bits per heavy atom. The van der Waals surface area contributed by atoms with Gasteiger partial charge in [-0.25, -0.2) is 4.79 Å². The van der Waals surface area contributed by atoms with Crippen LogP contribution in [0.4, 0.5) is 21.9 Å². The van der Waals surface area contributed by atoms with Crippen molar-refractivity contribution in [3.63, 3.8) is 0 Å². The third-order valence-corrected chi connectivity index (χ3v) is 2.72. The van der Waals surface area contributed by atoms with Gasteiger partial charge in [-0.2, -0.15) is 0 Å². The molecular formula is C14H13N3O3. The van der Waals surface area contributed by atoms with Crippen molar-refractivity contribution in [2.24, 2.45) is 0 Å². The lowest BCUT2D eigenvalue weighted by Crippen LogP contribution is -2.20. The van der Waals surface area contributed by atoms with E-state index in [1.807, 2.05) is 6.07 Å². The first kappa shape index (κ1) is 13.5. The monoisotopic (exact) mass is 271 g/mol. The van der Waals surface area contributed by atoms with Crippen LogP contribution < -0.4 is 10.6 Å². The molecule has 2 N–H and O–H groups in total. The second-order valence-electron chi connectivity index (χ2n) is 4.17. The van der Waals surface area contributed by atoms with Crippen molar-refractivity contribution in [2.75, 3.05) is 10.6 Å². The van der Waals surface area contributed by atoms with E-state index < -0.39 is 11.0 Å². The fourth-order valence-corrected chi connectivity index (χ4v) is 1.76. The number of rotatable bonds is 3. The van der Waals surface area contributed by atoms with Crippen LogP contribution in [-0.4, -0.2) is 11.0 Å². The van der Waals surface area contributed by atoms with Gasteiger partial charge >= 0.3 is 6.03 Å². The normalized spacial score (nSPS) is 9.85. The first-order valence-corrected chi connectivity index (χ1v) is 5.95. The Labute approximate surface area is 115 Å². The zero-order valence-corrected chi connectivity index (χ0v) is 10.8. The molecule has 2 aromatic carbocycles. The van der Waals surface area contributed by atoms with Crippen molar-refractivity contribution in [1.82, 2.24) is 0 Å². The van der Waals surface area contributed by atoms with Crippen molar-refractivity contribution >= 4 is 23.1 Å². The molecule has 0 aromatic heterocycles. The summed E-state index contributed by atoms with van der Waals surface area (Å²) in [7, 11) is 0. The number of nitro benzene ring substituents is 1. The summed E-state index contributed by atoms with van der Waals surface area (Å²) in [5.74, 6) is 0. The Hall–Kier alpha value is -2.89. The van der Waals surface area contributed by atoms with Crippen molar-refractivity contribution in [3.8, 4) is 0 Å². The van der Waals surface area contributed by atoms with Gasteiger partial charge in [0.2, 0.25) is 0 Å². The van der Waals surface area contributed by atoms with Gasteiger partial charge in [0.05, 0.1) is 4.92 Å². The Kier molecular flexibility index (Phi) is 3.95. The van der Waals surface area contributed by atoms with Crippen LogP contribution in [0.5, 0.6) is 0 Å². The molecule has 20 heavy (non-hydrogen) atoms. The molecule has 2 aromatic rings. The molecular weight excluding hydrogens is 258 g/mol. The number of nitro groups is 1. The maximum Gasteiger partial charge on any atom is 0.323 e. The van der Waals surface area contributed by atoms with E-state index in [-0.39, 0.29) is 11.4 Å². The summed E-state index contributed by atoms with van der Waals surface area (Å²) in [5, 5.41) is 16.1. The van der Waals surface area contributed by atoms with Gasteiger partial charge in [0.25, 0.3) is 5.69 Å². The highest BCUT2D eigenvalue weighted by molar-refractivity contribution is 6.01. The molecule has 0 atom stereocenters. The fourth-order valence-electron chi connectivity index (χ4n) is 1.76. The Balaban J connectivity index is 2.18. The summed E-state index contributed by atoms with van der Waals surface area (Å²) >= 11 is 0. The molecule has 0 spiro atoms. The number of urea groups is 1. The van der Waals surface area contributed by atoms with Gasteiger partial charge < -0.3 is 10.6 Å². The molecule has 0 radical (unpaired) electrons. The molecule has 102 valence electrons. The average Bonchev–Trinajstić information content (AvgIpc) is 2.42. The zero-order valence-electron chi connectivity index (χ0n) is 10.8. The number of aryl methyl sites for hydroxylation is 1. The minimum atomic E-state index is -0.523. The maximum absolute atomic E-state index is 11.9. The summed E-state index contributed by atoms with van der Waals surface area (Å²) in [6, 6.07) is 13.0. The van der Waals surface area contributed by atoms with Crippen LogP contribution in [0, 0.1) is 17.0 Å². The number of para-hydroxylation sites is 2. The molecule has 2 rings (SSSR count). The quantitative estimate of drug-likeness (QED) is 0.661. The lowest BCUT2D eigenvalue weighted by molar-refractivity contribution is -0.383. The molecule has 6 nitrogen and oxygen atoms in total. The van der Waals surface area contributed by atoms with Crippen molar-refractivity contribution < 1.29 is 9.72 Å². The number of anilines is 2. The lowest BCUT2D eigenvalue weighted by atomic mass is 10.1. The topological polar surface area (TPSA) is 84.3 Å². The average molecular weight is 271 g/mol.